The normalized spacial score (nSPS) is 17.8. The maximum Gasteiger partial charge on any atom is 0.229 e. The molecule has 1 aromatic heterocycles. The quantitative estimate of drug-likeness (QED) is 0.747. The molecule has 6 heteroatoms. The summed E-state index contributed by atoms with van der Waals surface area (Å²) in [6.45, 7) is 1.69. The highest BCUT2D eigenvalue weighted by molar-refractivity contribution is 5.80. The van der Waals surface area contributed by atoms with Crippen molar-refractivity contribution in [3.8, 4) is 22.8 Å². The van der Waals surface area contributed by atoms with Gasteiger partial charge in [-0.05, 0) is 30.2 Å². The van der Waals surface area contributed by atoms with Crippen molar-refractivity contribution in [1.82, 2.24) is 15.1 Å². The third kappa shape index (κ3) is 3.24. The van der Waals surface area contributed by atoms with Crippen LogP contribution < -0.4 is 9.47 Å². The molecule has 3 aromatic rings. The second-order valence-electron chi connectivity index (χ2n) is 7.59. The number of rotatable bonds is 3. The van der Waals surface area contributed by atoms with Crippen molar-refractivity contribution in [2.75, 3.05) is 20.3 Å². The van der Waals surface area contributed by atoms with Crippen LogP contribution in [0.2, 0.25) is 0 Å². The Morgan fingerprint density at radius 2 is 2.10 bits per heavy atom. The van der Waals surface area contributed by atoms with Crippen LogP contribution in [0.1, 0.15) is 16.8 Å². The number of aromatic nitrogens is 2. The van der Waals surface area contributed by atoms with Crippen LogP contribution in [0.5, 0.6) is 11.5 Å². The van der Waals surface area contributed by atoms with Crippen molar-refractivity contribution in [3.63, 3.8) is 0 Å². The molecule has 0 fully saturated rings. The molecule has 1 atom stereocenters. The summed E-state index contributed by atoms with van der Waals surface area (Å²) in [5, 5.41) is 7.68. The highest BCUT2D eigenvalue weighted by Crippen LogP contribution is 2.33. The first-order chi connectivity index (χ1) is 14.2. The molecule has 2 aromatic carbocycles. The van der Waals surface area contributed by atoms with Gasteiger partial charge in [-0.25, -0.2) is 0 Å². The number of carbonyl (C=O) groups is 1. The molecule has 1 N–H and O–H groups in total. The first-order valence-corrected chi connectivity index (χ1v) is 9.93. The molecule has 0 bridgehead atoms. The number of methoxy groups -OCH3 is 1. The molecule has 0 radical (unpaired) electrons. The largest absolute Gasteiger partial charge is 0.497 e. The fourth-order valence-electron chi connectivity index (χ4n) is 4.23. The minimum Gasteiger partial charge on any atom is -0.497 e. The van der Waals surface area contributed by atoms with E-state index in [4.69, 9.17) is 9.47 Å². The van der Waals surface area contributed by atoms with E-state index in [-0.39, 0.29) is 11.8 Å². The van der Waals surface area contributed by atoms with Crippen LogP contribution in [0.4, 0.5) is 0 Å². The number of hydrogen-bond donors (Lipinski definition) is 1. The Morgan fingerprint density at radius 3 is 2.93 bits per heavy atom. The monoisotopic (exact) mass is 389 g/mol. The molecule has 2 aliphatic heterocycles. The molecule has 0 saturated carbocycles. The SMILES string of the molecule is COc1ccc2c(c1)CC(C(=O)N1CCc3[nH]nc(-c4ccccc4)c3C1)CO2. The lowest BCUT2D eigenvalue weighted by Crippen LogP contribution is -2.43. The molecule has 3 heterocycles. The van der Waals surface area contributed by atoms with Gasteiger partial charge in [0.15, 0.2) is 0 Å². The fraction of sp³-hybridized carbons (Fsp3) is 0.304. The summed E-state index contributed by atoms with van der Waals surface area (Å²) < 4.78 is 11.2. The average molecular weight is 389 g/mol. The average Bonchev–Trinajstić information content (AvgIpc) is 3.21. The smallest absolute Gasteiger partial charge is 0.229 e. The fourth-order valence-corrected chi connectivity index (χ4v) is 4.23. The lowest BCUT2D eigenvalue weighted by molar-refractivity contribution is -0.137. The second kappa shape index (κ2) is 7.28. The lowest BCUT2D eigenvalue weighted by atomic mass is 9.93. The molecule has 29 heavy (non-hydrogen) atoms. The van der Waals surface area contributed by atoms with Crippen molar-refractivity contribution in [2.45, 2.75) is 19.4 Å². The van der Waals surface area contributed by atoms with Gasteiger partial charge in [0.05, 0.1) is 18.7 Å². The minimum absolute atomic E-state index is 0.143. The van der Waals surface area contributed by atoms with Gasteiger partial charge >= 0.3 is 0 Å². The Labute approximate surface area is 169 Å². The zero-order chi connectivity index (χ0) is 19.8. The zero-order valence-electron chi connectivity index (χ0n) is 16.4. The zero-order valence-corrected chi connectivity index (χ0v) is 16.4. The third-order valence-electron chi connectivity index (χ3n) is 5.82. The van der Waals surface area contributed by atoms with Crippen LogP contribution in [0.15, 0.2) is 48.5 Å². The van der Waals surface area contributed by atoms with Crippen molar-refractivity contribution >= 4 is 5.91 Å². The van der Waals surface area contributed by atoms with E-state index >= 15 is 0 Å². The van der Waals surface area contributed by atoms with Crippen LogP contribution in [0, 0.1) is 5.92 Å². The summed E-state index contributed by atoms with van der Waals surface area (Å²) in [5.74, 6) is 1.60. The van der Waals surface area contributed by atoms with Gasteiger partial charge in [0.25, 0.3) is 0 Å². The van der Waals surface area contributed by atoms with Gasteiger partial charge in [0.1, 0.15) is 18.1 Å². The van der Waals surface area contributed by atoms with Crippen molar-refractivity contribution < 1.29 is 14.3 Å². The summed E-state index contributed by atoms with van der Waals surface area (Å²) in [6, 6.07) is 15.9. The van der Waals surface area contributed by atoms with E-state index in [9.17, 15) is 4.79 Å². The number of hydrogen-bond acceptors (Lipinski definition) is 4. The number of nitrogens with zero attached hydrogens (tertiary/aromatic N) is 2. The number of benzene rings is 2. The second-order valence-corrected chi connectivity index (χ2v) is 7.59. The summed E-state index contributed by atoms with van der Waals surface area (Å²) >= 11 is 0. The Balaban J connectivity index is 1.35. The first kappa shape index (κ1) is 17.8. The van der Waals surface area contributed by atoms with Gasteiger partial charge < -0.3 is 14.4 Å². The highest BCUT2D eigenvalue weighted by Gasteiger charge is 2.33. The standard InChI is InChI=1S/C23H23N3O3/c1-28-18-7-8-21-16(12-18)11-17(14-29-21)23(27)26-10-9-20-19(13-26)22(25-24-20)15-5-3-2-4-6-15/h2-8,12,17H,9-11,13-14H2,1H3,(H,24,25). The molecule has 2 aliphatic rings. The lowest BCUT2D eigenvalue weighted by Gasteiger charge is -2.32. The van der Waals surface area contributed by atoms with Gasteiger partial charge in [0.2, 0.25) is 5.91 Å². The Morgan fingerprint density at radius 1 is 1.24 bits per heavy atom. The number of fused-ring (bicyclic) bond motifs is 2. The molecule has 6 nitrogen and oxygen atoms in total. The maximum atomic E-state index is 13.3. The predicted octanol–water partition coefficient (Wildman–Crippen LogP) is 3.22. The maximum absolute atomic E-state index is 13.3. The van der Waals surface area contributed by atoms with E-state index in [1.165, 1.54) is 0 Å². The van der Waals surface area contributed by atoms with E-state index in [0.29, 0.717) is 26.1 Å². The first-order valence-electron chi connectivity index (χ1n) is 9.93. The van der Waals surface area contributed by atoms with E-state index in [2.05, 4.69) is 22.3 Å². The van der Waals surface area contributed by atoms with Crippen LogP contribution in [0.3, 0.4) is 0 Å². The van der Waals surface area contributed by atoms with Gasteiger partial charge in [-0.3, -0.25) is 9.89 Å². The molecular formula is C23H23N3O3. The molecule has 0 aliphatic carbocycles. The number of H-pyrrole nitrogens is 1. The van der Waals surface area contributed by atoms with Crippen LogP contribution in [-0.4, -0.2) is 41.3 Å². The van der Waals surface area contributed by atoms with E-state index in [1.54, 1.807) is 7.11 Å². The van der Waals surface area contributed by atoms with E-state index in [0.717, 1.165) is 46.0 Å². The van der Waals surface area contributed by atoms with Crippen molar-refractivity contribution in [1.29, 1.82) is 0 Å². The molecule has 5 rings (SSSR count). The van der Waals surface area contributed by atoms with Crippen molar-refractivity contribution in [2.24, 2.45) is 5.92 Å². The molecule has 0 spiro atoms. The molecule has 1 amide bonds. The van der Waals surface area contributed by atoms with Gasteiger partial charge in [-0.15, -0.1) is 0 Å². The summed E-state index contributed by atoms with van der Waals surface area (Å²) in [7, 11) is 1.65. The molecule has 148 valence electrons. The molecular weight excluding hydrogens is 366 g/mol. The Kier molecular flexibility index (Phi) is 4.46. The predicted molar refractivity (Wildman–Crippen MR) is 109 cm³/mol. The van der Waals surface area contributed by atoms with Crippen LogP contribution in [0.25, 0.3) is 11.3 Å². The highest BCUT2D eigenvalue weighted by atomic mass is 16.5. The van der Waals surface area contributed by atoms with Crippen molar-refractivity contribution in [3.05, 3.63) is 65.4 Å². The summed E-state index contributed by atoms with van der Waals surface area (Å²) in [4.78, 5) is 15.2. The molecule has 1 unspecified atom stereocenters. The third-order valence-corrected chi connectivity index (χ3v) is 5.82. The van der Waals surface area contributed by atoms with E-state index in [1.807, 2.05) is 41.3 Å². The van der Waals surface area contributed by atoms with Crippen LogP contribution >= 0.6 is 0 Å². The van der Waals surface area contributed by atoms with Gasteiger partial charge in [-0.1, -0.05) is 30.3 Å². The summed E-state index contributed by atoms with van der Waals surface area (Å²) in [6.07, 6.45) is 1.46. The number of amides is 1. The number of ether oxygens (including phenoxy) is 2. The van der Waals surface area contributed by atoms with Gasteiger partial charge in [0, 0.05) is 36.3 Å². The Bertz CT molecular complexity index is 1040. The van der Waals surface area contributed by atoms with E-state index < -0.39 is 0 Å². The topological polar surface area (TPSA) is 67.5 Å². The minimum atomic E-state index is -0.178. The Hall–Kier alpha value is -3.28. The summed E-state index contributed by atoms with van der Waals surface area (Å²) in [5.41, 5.74) is 5.28. The molecule has 0 saturated heterocycles. The van der Waals surface area contributed by atoms with Gasteiger partial charge in [-0.2, -0.15) is 5.10 Å². The number of aromatic amines is 1. The van der Waals surface area contributed by atoms with Crippen LogP contribution in [-0.2, 0) is 24.2 Å². The number of carbonyl (C=O) groups excluding carboxylic acids is 1. The number of nitrogens with one attached hydrogen (secondary N) is 1.